The van der Waals surface area contributed by atoms with E-state index >= 15 is 0 Å². The summed E-state index contributed by atoms with van der Waals surface area (Å²) in [5, 5.41) is 0. The van der Waals surface area contributed by atoms with Gasteiger partial charge in [0.2, 0.25) is 5.91 Å². The average molecular weight is 359 g/mol. The van der Waals surface area contributed by atoms with Gasteiger partial charge in [-0.2, -0.15) is 0 Å². The number of carbonyl (C=O) groups excluding carboxylic acids is 1. The molecule has 1 fully saturated rings. The number of hydrogen-bond acceptors (Lipinski definition) is 2. The van der Waals surface area contributed by atoms with Gasteiger partial charge in [0.15, 0.2) is 0 Å². The van der Waals surface area contributed by atoms with Crippen LogP contribution in [0.4, 0.5) is 0 Å². The Morgan fingerprint density at radius 2 is 1.56 bits per heavy atom. The van der Waals surface area contributed by atoms with E-state index in [9.17, 15) is 4.79 Å². The van der Waals surface area contributed by atoms with Crippen LogP contribution < -0.4 is 0 Å². The first kappa shape index (κ1) is 17.6. The molecule has 0 bridgehead atoms. The Morgan fingerprint density at radius 1 is 0.852 bits per heavy atom. The number of nitrogens with zero attached hydrogens (tertiary/aromatic N) is 3. The standard InChI is InChI=1S/C23H25N3O/c1-19(27)25-15-13-24(14-16-25)18-20-5-4-6-22(17-20)21-7-9-23(10-8-21)26-11-2-3-12-26/h2-12,17H,13-16,18H2,1H3. The highest BCUT2D eigenvalue weighted by Gasteiger charge is 2.18. The van der Waals surface area contributed by atoms with Crippen molar-refractivity contribution in [3.05, 3.63) is 78.6 Å². The highest BCUT2D eigenvalue weighted by Crippen LogP contribution is 2.23. The van der Waals surface area contributed by atoms with Crippen molar-refractivity contribution >= 4 is 5.91 Å². The topological polar surface area (TPSA) is 28.5 Å². The normalized spacial score (nSPS) is 15.1. The molecule has 4 nitrogen and oxygen atoms in total. The fourth-order valence-electron chi connectivity index (χ4n) is 3.66. The van der Waals surface area contributed by atoms with E-state index in [4.69, 9.17) is 0 Å². The SMILES string of the molecule is CC(=O)N1CCN(Cc2cccc(-c3ccc(-n4cccc4)cc3)c2)CC1. The van der Waals surface area contributed by atoms with Gasteiger partial charge in [-0.1, -0.05) is 30.3 Å². The van der Waals surface area contributed by atoms with Crippen molar-refractivity contribution in [3.8, 4) is 16.8 Å². The molecule has 1 saturated heterocycles. The maximum absolute atomic E-state index is 11.5. The molecule has 2 heterocycles. The van der Waals surface area contributed by atoms with E-state index in [1.165, 1.54) is 22.4 Å². The van der Waals surface area contributed by atoms with Crippen LogP contribution in [0.2, 0.25) is 0 Å². The van der Waals surface area contributed by atoms with Crippen LogP contribution >= 0.6 is 0 Å². The minimum atomic E-state index is 0.181. The number of aromatic nitrogens is 1. The lowest BCUT2D eigenvalue weighted by molar-refractivity contribution is -0.130. The largest absolute Gasteiger partial charge is 0.340 e. The van der Waals surface area contributed by atoms with Crippen LogP contribution in [-0.4, -0.2) is 46.5 Å². The number of hydrogen-bond donors (Lipinski definition) is 0. The van der Waals surface area contributed by atoms with E-state index in [0.717, 1.165) is 32.7 Å². The number of benzene rings is 2. The summed E-state index contributed by atoms with van der Waals surface area (Å²) < 4.78 is 2.11. The molecule has 0 N–H and O–H groups in total. The monoisotopic (exact) mass is 359 g/mol. The third-order valence-electron chi connectivity index (χ3n) is 5.25. The minimum Gasteiger partial charge on any atom is -0.340 e. The van der Waals surface area contributed by atoms with E-state index in [-0.39, 0.29) is 5.91 Å². The van der Waals surface area contributed by atoms with E-state index < -0.39 is 0 Å². The van der Waals surface area contributed by atoms with Gasteiger partial charge >= 0.3 is 0 Å². The second-order valence-corrected chi connectivity index (χ2v) is 7.12. The van der Waals surface area contributed by atoms with Gasteiger partial charge in [-0.25, -0.2) is 0 Å². The molecule has 0 saturated carbocycles. The second kappa shape index (κ2) is 7.80. The van der Waals surface area contributed by atoms with Gasteiger partial charge in [0.1, 0.15) is 0 Å². The fourth-order valence-corrected chi connectivity index (χ4v) is 3.66. The number of piperazine rings is 1. The van der Waals surface area contributed by atoms with Crippen LogP contribution in [0.5, 0.6) is 0 Å². The summed E-state index contributed by atoms with van der Waals surface area (Å²) in [5.74, 6) is 0.181. The molecule has 4 rings (SSSR count). The van der Waals surface area contributed by atoms with Crippen LogP contribution in [-0.2, 0) is 11.3 Å². The third kappa shape index (κ3) is 4.12. The van der Waals surface area contributed by atoms with Gasteiger partial charge in [-0.3, -0.25) is 9.69 Å². The summed E-state index contributed by atoms with van der Waals surface area (Å²) in [7, 11) is 0. The average Bonchev–Trinajstić information content (AvgIpc) is 3.24. The Morgan fingerprint density at radius 3 is 2.22 bits per heavy atom. The first-order valence-corrected chi connectivity index (χ1v) is 9.50. The molecule has 3 aromatic rings. The maximum Gasteiger partial charge on any atom is 0.219 e. The van der Waals surface area contributed by atoms with Crippen molar-refractivity contribution in [3.63, 3.8) is 0 Å². The molecule has 0 aliphatic carbocycles. The van der Waals surface area contributed by atoms with Crippen molar-refractivity contribution in [2.75, 3.05) is 26.2 Å². The number of rotatable bonds is 4. The molecule has 0 radical (unpaired) electrons. The summed E-state index contributed by atoms with van der Waals surface area (Å²) in [4.78, 5) is 15.8. The molecule has 2 aromatic carbocycles. The van der Waals surface area contributed by atoms with Crippen molar-refractivity contribution in [2.45, 2.75) is 13.5 Å². The van der Waals surface area contributed by atoms with Crippen molar-refractivity contribution < 1.29 is 4.79 Å². The molecule has 0 spiro atoms. The van der Waals surface area contributed by atoms with Crippen molar-refractivity contribution in [2.24, 2.45) is 0 Å². The highest BCUT2D eigenvalue weighted by molar-refractivity contribution is 5.73. The van der Waals surface area contributed by atoms with Gasteiger partial charge in [-0.05, 0) is 47.0 Å². The predicted octanol–water partition coefficient (Wildman–Crippen LogP) is 3.81. The van der Waals surface area contributed by atoms with E-state index in [1.54, 1.807) is 6.92 Å². The first-order chi connectivity index (χ1) is 13.2. The summed E-state index contributed by atoms with van der Waals surface area (Å²) in [6, 6.07) is 21.5. The Labute approximate surface area is 160 Å². The molecular formula is C23H25N3O. The van der Waals surface area contributed by atoms with Crippen molar-refractivity contribution in [1.29, 1.82) is 0 Å². The van der Waals surface area contributed by atoms with Gasteiger partial charge in [0.05, 0.1) is 0 Å². The number of amides is 1. The van der Waals surface area contributed by atoms with Gasteiger partial charge in [-0.15, -0.1) is 0 Å². The van der Waals surface area contributed by atoms with E-state index in [2.05, 4.69) is 70.4 Å². The molecule has 1 aromatic heterocycles. The zero-order chi connectivity index (χ0) is 18.6. The predicted molar refractivity (Wildman–Crippen MR) is 109 cm³/mol. The molecule has 1 aliphatic rings. The zero-order valence-corrected chi connectivity index (χ0v) is 15.7. The maximum atomic E-state index is 11.5. The van der Waals surface area contributed by atoms with E-state index in [0.29, 0.717) is 0 Å². The minimum absolute atomic E-state index is 0.181. The molecule has 27 heavy (non-hydrogen) atoms. The van der Waals surface area contributed by atoms with Crippen molar-refractivity contribution in [1.82, 2.24) is 14.4 Å². The molecule has 0 atom stereocenters. The lowest BCUT2D eigenvalue weighted by Crippen LogP contribution is -2.47. The molecular weight excluding hydrogens is 334 g/mol. The highest BCUT2D eigenvalue weighted by atomic mass is 16.2. The van der Waals surface area contributed by atoms with Gasteiger partial charge in [0.25, 0.3) is 0 Å². The first-order valence-electron chi connectivity index (χ1n) is 9.50. The fraction of sp³-hybridized carbons (Fsp3) is 0.261. The second-order valence-electron chi connectivity index (χ2n) is 7.12. The molecule has 4 heteroatoms. The Bertz CT molecular complexity index is 892. The van der Waals surface area contributed by atoms with Crippen LogP contribution in [0, 0.1) is 0 Å². The molecule has 138 valence electrons. The molecule has 0 unspecified atom stereocenters. The summed E-state index contributed by atoms with van der Waals surface area (Å²) in [5.41, 5.74) is 4.96. The van der Waals surface area contributed by atoms with Crippen LogP contribution in [0.25, 0.3) is 16.8 Å². The quantitative estimate of drug-likeness (QED) is 0.709. The summed E-state index contributed by atoms with van der Waals surface area (Å²) in [6.07, 6.45) is 4.11. The van der Waals surface area contributed by atoms with Gasteiger partial charge < -0.3 is 9.47 Å². The third-order valence-corrected chi connectivity index (χ3v) is 5.25. The van der Waals surface area contributed by atoms with Crippen LogP contribution in [0.1, 0.15) is 12.5 Å². The smallest absolute Gasteiger partial charge is 0.219 e. The Kier molecular flexibility index (Phi) is 5.07. The zero-order valence-electron chi connectivity index (χ0n) is 15.7. The molecule has 1 aliphatic heterocycles. The lowest BCUT2D eigenvalue weighted by Gasteiger charge is -2.34. The summed E-state index contributed by atoms with van der Waals surface area (Å²) in [6.45, 7) is 6.12. The van der Waals surface area contributed by atoms with Crippen LogP contribution in [0.3, 0.4) is 0 Å². The van der Waals surface area contributed by atoms with Crippen LogP contribution in [0.15, 0.2) is 73.1 Å². The number of carbonyl (C=O) groups is 1. The Hall–Kier alpha value is -2.85. The van der Waals surface area contributed by atoms with Gasteiger partial charge in [0, 0.05) is 57.7 Å². The lowest BCUT2D eigenvalue weighted by atomic mass is 10.0. The Balaban J connectivity index is 1.44. The van der Waals surface area contributed by atoms with E-state index in [1.807, 2.05) is 17.0 Å². The molecule has 1 amide bonds. The summed E-state index contributed by atoms with van der Waals surface area (Å²) >= 11 is 0.